The van der Waals surface area contributed by atoms with Crippen molar-refractivity contribution < 1.29 is 18.7 Å². The summed E-state index contributed by atoms with van der Waals surface area (Å²) in [6.45, 7) is 1.12. The number of carbonyl (C=O) groups is 1. The number of amides is 1. The van der Waals surface area contributed by atoms with Gasteiger partial charge in [0.25, 0.3) is 5.91 Å². The second-order valence-corrected chi connectivity index (χ2v) is 7.70. The van der Waals surface area contributed by atoms with E-state index in [9.17, 15) is 14.0 Å². The van der Waals surface area contributed by atoms with Gasteiger partial charge in [0, 0.05) is 19.5 Å². The van der Waals surface area contributed by atoms with E-state index in [-0.39, 0.29) is 24.1 Å². The molecule has 0 unspecified atom stereocenters. The average Bonchev–Trinajstić information content (AvgIpc) is 3.18. The highest BCUT2D eigenvalue weighted by Crippen LogP contribution is 2.26. The summed E-state index contributed by atoms with van der Waals surface area (Å²) >= 11 is 0. The van der Waals surface area contributed by atoms with Crippen molar-refractivity contribution in [2.45, 2.75) is 19.3 Å². The molecule has 9 heteroatoms. The summed E-state index contributed by atoms with van der Waals surface area (Å²) in [7, 11) is 1.56. The van der Waals surface area contributed by atoms with Gasteiger partial charge in [-0.2, -0.15) is 5.10 Å². The van der Waals surface area contributed by atoms with E-state index in [1.54, 1.807) is 42.3 Å². The van der Waals surface area contributed by atoms with E-state index < -0.39 is 11.5 Å². The minimum absolute atomic E-state index is 0.0583. The molecule has 168 valence electrons. The van der Waals surface area contributed by atoms with E-state index in [1.165, 1.54) is 10.6 Å². The van der Waals surface area contributed by atoms with Gasteiger partial charge in [0.15, 0.2) is 18.1 Å². The van der Waals surface area contributed by atoms with Gasteiger partial charge < -0.3 is 14.4 Å². The molecule has 1 aromatic heterocycles. The Balaban J connectivity index is 1.34. The van der Waals surface area contributed by atoms with Crippen molar-refractivity contribution in [3.05, 3.63) is 70.7 Å². The van der Waals surface area contributed by atoms with Gasteiger partial charge in [0.2, 0.25) is 0 Å². The molecule has 1 aliphatic heterocycles. The zero-order chi connectivity index (χ0) is 22.5. The van der Waals surface area contributed by atoms with Crippen molar-refractivity contribution in [2.75, 3.05) is 26.8 Å². The molecule has 3 aromatic rings. The van der Waals surface area contributed by atoms with Crippen LogP contribution in [0.15, 0.2) is 53.3 Å². The standard InChI is InChI=1S/C23H25FN4O4/c1-31-19-8-4-5-9-20(19)32-15-22(29)27-12-10-16(11-13-27)14-21-25-26-23(30)28(21)18-7-3-2-6-17(18)24/h2-9,16H,10-15H2,1H3,(H,26,30). The average molecular weight is 440 g/mol. The maximum absolute atomic E-state index is 14.2. The Morgan fingerprint density at radius 3 is 2.53 bits per heavy atom. The molecule has 0 saturated carbocycles. The molecule has 0 bridgehead atoms. The third kappa shape index (κ3) is 4.66. The Morgan fingerprint density at radius 1 is 1.12 bits per heavy atom. The second-order valence-electron chi connectivity index (χ2n) is 7.70. The van der Waals surface area contributed by atoms with Gasteiger partial charge in [-0.15, -0.1) is 0 Å². The van der Waals surface area contributed by atoms with Crippen LogP contribution in [0.4, 0.5) is 4.39 Å². The van der Waals surface area contributed by atoms with Crippen LogP contribution in [0.3, 0.4) is 0 Å². The van der Waals surface area contributed by atoms with Crippen LogP contribution in [-0.4, -0.2) is 52.4 Å². The van der Waals surface area contributed by atoms with Crippen LogP contribution >= 0.6 is 0 Å². The van der Waals surface area contributed by atoms with E-state index in [2.05, 4.69) is 10.2 Å². The SMILES string of the molecule is COc1ccccc1OCC(=O)N1CCC(Cc2n[nH]c(=O)n2-c2ccccc2F)CC1. The lowest BCUT2D eigenvalue weighted by Gasteiger charge is -2.31. The summed E-state index contributed by atoms with van der Waals surface area (Å²) in [5, 5.41) is 6.53. The molecule has 1 saturated heterocycles. The molecule has 0 atom stereocenters. The van der Waals surface area contributed by atoms with Gasteiger partial charge in [-0.25, -0.2) is 18.9 Å². The smallest absolute Gasteiger partial charge is 0.348 e. The fourth-order valence-corrected chi connectivity index (χ4v) is 3.96. The van der Waals surface area contributed by atoms with Crippen molar-refractivity contribution in [2.24, 2.45) is 5.92 Å². The van der Waals surface area contributed by atoms with Gasteiger partial charge in [0.1, 0.15) is 11.6 Å². The van der Waals surface area contributed by atoms with Crippen LogP contribution in [0.2, 0.25) is 0 Å². The predicted molar refractivity (Wildman–Crippen MR) is 116 cm³/mol. The van der Waals surface area contributed by atoms with E-state index >= 15 is 0 Å². The lowest BCUT2D eigenvalue weighted by Crippen LogP contribution is -2.41. The normalized spacial score (nSPS) is 14.4. The number of H-pyrrole nitrogens is 1. The number of likely N-dealkylation sites (tertiary alicyclic amines) is 1. The quantitative estimate of drug-likeness (QED) is 0.610. The summed E-state index contributed by atoms with van der Waals surface area (Å²) in [5.41, 5.74) is -0.284. The monoisotopic (exact) mass is 440 g/mol. The van der Waals surface area contributed by atoms with E-state index in [0.29, 0.717) is 36.8 Å². The molecular formula is C23H25FN4O4. The molecule has 0 radical (unpaired) electrons. The molecule has 1 fully saturated rings. The highest BCUT2D eigenvalue weighted by Gasteiger charge is 2.25. The van der Waals surface area contributed by atoms with Crippen LogP contribution in [0.5, 0.6) is 11.5 Å². The molecule has 0 aliphatic carbocycles. The number of nitrogens with zero attached hydrogens (tertiary/aromatic N) is 3. The molecule has 4 rings (SSSR count). The minimum Gasteiger partial charge on any atom is -0.493 e. The number of ether oxygens (including phenoxy) is 2. The maximum atomic E-state index is 14.2. The first-order chi connectivity index (χ1) is 15.6. The summed E-state index contributed by atoms with van der Waals surface area (Å²) in [6.07, 6.45) is 2.05. The minimum atomic E-state index is -0.479. The van der Waals surface area contributed by atoms with Gasteiger partial charge in [-0.05, 0) is 43.0 Å². The number of aromatic amines is 1. The fraction of sp³-hybridized carbons (Fsp3) is 0.348. The summed E-state index contributed by atoms with van der Waals surface area (Å²) < 4.78 is 26.4. The number of aromatic nitrogens is 3. The van der Waals surface area contributed by atoms with E-state index in [4.69, 9.17) is 9.47 Å². The highest BCUT2D eigenvalue weighted by molar-refractivity contribution is 5.78. The summed E-state index contributed by atoms with van der Waals surface area (Å²) in [6, 6.07) is 13.3. The van der Waals surface area contributed by atoms with E-state index in [0.717, 1.165) is 12.8 Å². The van der Waals surface area contributed by atoms with Crippen LogP contribution in [-0.2, 0) is 11.2 Å². The number of nitrogens with one attached hydrogen (secondary N) is 1. The molecule has 2 aromatic carbocycles. The number of hydrogen-bond acceptors (Lipinski definition) is 5. The predicted octanol–water partition coefficient (Wildman–Crippen LogP) is 2.57. The molecule has 32 heavy (non-hydrogen) atoms. The zero-order valence-electron chi connectivity index (χ0n) is 17.8. The molecular weight excluding hydrogens is 415 g/mol. The Bertz CT molecular complexity index is 1130. The first-order valence-electron chi connectivity index (χ1n) is 10.5. The lowest BCUT2D eigenvalue weighted by molar-refractivity contribution is -0.134. The third-order valence-corrected chi connectivity index (χ3v) is 5.69. The molecule has 1 aliphatic rings. The first-order valence-corrected chi connectivity index (χ1v) is 10.5. The number of piperidine rings is 1. The summed E-state index contributed by atoms with van der Waals surface area (Å²) in [5.74, 6) is 1.27. The number of para-hydroxylation sites is 3. The topological polar surface area (TPSA) is 89.5 Å². The molecule has 0 spiro atoms. The Kier molecular flexibility index (Phi) is 6.53. The number of benzene rings is 2. The van der Waals surface area contributed by atoms with Crippen LogP contribution in [0.1, 0.15) is 18.7 Å². The van der Waals surface area contributed by atoms with Crippen LogP contribution in [0, 0.1) is 11.7 Å². The first kappa shape index (κ1) is 21.6. The summed E-state index contributed by atoms with van der Waals surface area (Å²) in [4.78, 5) is 26.6. The van der Waals surface area contributed by atoms with Crippen LogP contribution < -0.4 is 15.2 Å². The van der Waals surface area contributed by atoms with Crippen molar-refractivity contribution in [1.82, 2.24) is 19.7 Å². The Labute approximate surface area is 184 Å². The van der Waals surface area contributed by atoms with Gasteiger partial charge in [0.05, 0.1) is 12.8 Å². The Hall–Kier alpha value is -3.62. The van der Waals surface area contributed by atoms with Gasteiger partial charge in [-0.1, -0.05) is 24.3 Å². The zero-order valence-corrected chi connectivity index (χ0v) is 17.8. The van der Waals surface area contributed by atoms with Gasteiger partial charge >= 0.3 is 5.69 Å². The third-order valence-electron chi connectivity index (χ3n) is 5.69. The van der Waals surface area contributed by atoms with Crippen molar-refractivity contribution in [3.8, 4) is 17.2 Å². The maximum Gasteiger partial charge on any atom is 0.348 e. The van der Waals surface area contributed by atoms with Crippen molar-refractivity contribution >= 4 is 5.91 Å². The number of rotatable bonds is 7. The molecule has 2 heterocycles. The van der Waals surface area contributed by atoms with E-state index in [1.807, 2.05) is 12.1 Å². The van der Waals surface area contributed by atoms with Crippen LogP contribution in [0.25, 0.3) is 5.69 Å². The second kappa shape index (κ2) is 9.67. The van der Waals surface area contributed by atoms with Crippen molar-refractivity contribution in [1.29, 1.82) is 0 Å². The highest BCUT2D eigenvalue weighted by atomic mass is 19.1. The van der Waals surface area contributed by atoms with Gasteiger partial charge in [-0.3, -0.25) is 4.79 Å². The largest absolute Gasteiger partial charge is 0.493 e. The number of hydrogen-bond donors (Lipinski definition) is 1. The van der Waals surface area contributed by atoms with Crippen molar-refractivity contribution in [3.63, 3.8) is 0 Å². The fourth-order valence-electron chi connectivity index (χ4n) is 3.96. The Morgan fingerprint density at radius 2 is 1.81 bits per heavy atom. The number of methoxy groups -OCH3 is 1. The molecule has 1 N–H and O–H groups in total. The lowest BCUT2D eigenvalue weighted by atomic mass is 9.93. The number of halogens is 1. The molecule has 1 amide bonds. The number of carbonyl (C=O) groups excluding carboxylic acids is 1. The molecule has 8 nitrogen and oxygen atoms in total.